The molecule has 0 radical (unpaired) electrons. The third-order valence-corrected chi connectivity index (χ3v) is 3.28. The Morgan fingerprint density at radius 1 is 0.857 bits per heavy atom. The van der Waals surface area contributed by atoms with Gasteiger partial charge in [-0.3, -0.25) is 9.59 Å². The van der Waals surface area contributed by atoms with Crippen LogP contribution < -0.4 is 10.6 Å². The largest absolute Gasteiger partial charge is 0.318 e. The van der Waals surface area contributed by atoms with Crippen molar-refractivity contribution in [3.63, 3.8) is 0 Å². The highest BCUT2D eigenvalue weighted by Gasteiger charge is 2.15. The molecule has 2 rings (SSSR count). The van der Waals surface area contributed by atoms with Gasteiger partial charge in [-0.25, -0.2) is 0 Å². The van der Waals surface area contributed by atoms with Crippen molar-refractivity contribution in [3.05, 3.63) is 58.6 Å². The number of nitrogens with one attached hydrogen (secondary N) is 2. The molecule has 0 aromatic heterocycles. The van der Waals surface area contributed by atoms with Gasteiger partial charge in [-0.1, -0.05) is 29.8 Å². The second kappa shape index (κ2) is 6.41. The fourth-order valence-corrected chi connectivity index (χ4v) is 2.03. The van der Waals surface area contributed by atoms with Gasteiger partial charge in [-0.2, -0.15) is 0 Å². The van der Waals surface area contributed by atoms with Crippen LogP contribution in [0.5, 0.6) is 0 Å². The lowest BCUT2D eigenvalue weighted by atomic mass is 10.1. The zero-order valence-electron chi connectivity index (χ0n) is 11.7. The smallest absolute Gasteiger partial charge is 0.314 e. The lowest BCUT2D eigenvalue weighted by Crippen LogP contribution is -2.29. The van der Waals surface area contributed by atoms with Crippen molar-refractivity contribution in [2.75, 3.05) is 10.6 Å². The zero-order valence-corrected chi connectivity index (χ0v) is 12.5. The van der Waals surface area contributed by atoms with E-state index in [1.807, 2.05) is 32.0 Å². The van der Waals surface area contributed by atoms with Crippen molar-refractivity contribution in [2.24, 2.45) is 0 Å². The second-order valence-corrected chi connectivity index (χ2v) is 5.12. The molecule has 0 bridgehead atoms. The number of rotatable bonds is 2. The van der Waals surface area contributed by atoms with Crippen LogP contribution in [-0.2, 0) is 9.59 Å². The molecule has 21 heavy (non-hydrogen) atoms. The lowest BCUT2D eigenvalue weighted by Gasteiger charge is -2.11. The molecule has 2 N–H and O–H groups in total. The molecule has 0 spiro atoms. The number of carbonyl (C=O) groups excluding carboxylic acids is 2. The Morgan fingerprint density at radius 2 is 1.38 bits per heavy atom. The summed E-state index contributed by atoms with van der Waals surface area (Å²) in [4.78, 5) is 23.8. The topological polar surface area (TPSA) is 58.2 Å². The summed E-state index contributed by atoms with van der Waals surface area (Å²) in [6.07, 6.45) is 0. The molecular weight excluding hydrogens is 288 g/mol. The molecular formula is C16H15ClN2O2. The molecule has 2 aromatic rings. The van der Waals surface area contributed by atoms with E-state index < -0.39 is 11.8 Å². The monoisotopic (exact) mass is 302 g/mol. The molecule has 0 aliphatic carbocycles. The van der Waals surface area contributed by atoms with E-state index in [9.17, 15) is 9.59 Å². The Hall–Kier alpha value is -2.33. The maximum atomic E-state index is 11.9. The summed E-state index contributed by atoms with van der Waals surface area (Å²) >= 11 is 5.76. The standard InChI is InChI=1S/C16H15ClN2O2/c1-10-4-3-5-11(2)14(10)19-16(21)15(20)18-13-8-6-12(17)7-9-13/h3-9H,1-2H3,(H,18,20)(H,19,21). The Kier molecular flexibility index (Phi) is 4.60. The summed E-state index contributed by atoms with van der Waals surface area (Å²) in [6.45, 7) is 3.75. The zero-order chi connectivity index (χ0) is 15.4. The van der Waals surface area contributed by atoms with Crippen LogP contribution >= 0.6 is 11.6 Å². The number of benzene rings is 2. The maximum absolute atomic E-state index is 11.9. The number of aryl methyl sites for hydroxylation is 2. The minimum Gasteiger partial charge on any atom is -0.318 e. The normalized spacial score (nSPS) is 10.0. The summed E-state index contributed by atoms with van der Waals surface area (Å²) in [5, 5.41) is 5.71. The average Bonchev–Trinajstić information content (AvgIpc) is 2.45. The Balaban J connectivity index is 2.06. The Labute approximate surface area is 128 Å². The van der Waals surface area contributed by atoms with Gasteiger partial charge in [0.05, 0.1) is 0 Å². The summed E-state index contributed by atoms with van der Waals surface area (Å²) in [5.74, 6) is -1.43. The SMILES string of the molecule is Cc1cccc(C)c1NC(=O)C(=O)Nc1ccc(Cl)cc1. The van der Waals surface area contributed by atoms with Gasteiger partial charge in [0.1, 0.15) is 0 Å². The van der Waals surface area contributed by atoms with Crippen LogP contribution in [0, 0.1) is 13.8 Å². The van der Waals surface area contributed by atoms with E-state index in [2.05, 4.69) is 10.6 Å². The molecule has 0 unspecified atom stereocenters. The van der Waals surface area contributed by atoms with E-state index in [0.29, 0.717) is 16.4 Å². The Bertz CT molecular complexity index is 661. The molecule has 0 heterocycles. The summed E-state index contributed by atoms with van der Waals surface area (Å²) in [6, 6.07) is 12.2. The van der Waals surface area contributed by atoms with Gasteiger partial charge in [0.25, 0.3) is 0 Å². The van der Waals surface area contributed by atoms with E-state index in [1.165, 1.54) is 0 Å². The van der Waals surface area contributed by atoms with Gasteiger partial charge in [-0.05, 0) is 49.2 Å². The molecule has 0 saturated carbocycles. The number of anilines is 2. The highest BCUT2D eigenvalue weighted by molar-refractivity contribution is 6.43. The first-order valence-electron chi connectivity index (χ1n) is 6.41. The van der Waals surface area contributed by atoms with Gasteiger partial charge in [0, 0.05) is 16.4 Å². The first-order valence-corrected chi connectivity index (χ1v) is 6.79. The van der Waals surface area contributed by atoms with Crippen molar-refractivity contribution in [2.45, 2.75) is 13.8 Å². The van der Waals surface area contributed by atoms with E-state index in [4.69, 9.17) is 11.6 Å². The van der Waals surface area contributed by atoms with Gasteiger partial charge in [-0.15, -0.1) is 0 Å². The van der Waals surface area contributed by atoms with E-state index in [-0.39, 0.29) is 0 Å². The number of hydrogen-bond acceptors (Lipinski definition) is 2. The molecule has 0 atom stereocenters. The van der Waals surface area contributed by atoms with Crippen LogP contribution in [0.1, 0.15) is 11.1 Å². The molecule has 2 amide bonds. The predicted molar refractivity (Wildman–Crippen MR) is 84.6 cm³/mol. The van der Waals surface area contributed by atoms with Crippen molar-refractivity contribution >= 4 is 34.8 Å². The third kappa shape index (κ3) is 3.83. The highest BCUT2D eigenvalue weighted by atomic mass is 35.5. The maximum Gasteiger partial charge on any atom is 0.314 e. The Morgan fingerprint density at radius 3 is 1.95 bits per heavy atom. The second-order valence-electron chi connectivity index (χ2n) is 4.68. The molecule has 0 aliphatic rings. The summed E-state index contributed by atoms with van der Waals surface area (Å²) in [5.41, 5.74) is 2.99. The molecule has 4 nitrogen and oxygen atoms in total. The minimum atomic E-state index is -0.722. The number of hydrogen-bond donors (Lipinski definition) is 2. The van der Waals surface area contributed by atoms with E-state index in [1.54, 1.807) is 24.3 Å². The van der Waals surface area contributed by atoms with Crippen molar-refractivity contribution in [1.29, 1.82) is 0 Å². The number of amides is 2. The van der Waals surface area contributed by atoms with Crippen LogP contribution in [0.2, 0.25) is 5.02 Å². The molecule has 108 valence electrons. The van der Waals surface area contributed by atoms with Gasteiger partial charge < -0.3 is 10.6 Å². The molecule has 5 heteroatoms. The molecule has 0 aliphatic heterocycles. The highest BCUT2D eigenvalue weighted by Crippen LogP contribution is 2.19. The average molecular weight is 303 g/mol. The predicted octanol–water partition coefficient (Wildman–Crippen LogP) is 3.53. The van der Waals surface area contributed by atoms with Gasteiger partial charge >= 0.3 is 11.8 Å². The quantitative estimate of drug-likeness (QED) is 0.834. The van der Waals surface area contributed by atoms with Crippen LogP contribution in [0.3, 0.4) is 0 Å². The van der Waals surface area contributed by atoms with Crippen LogP contribution in [0.15, 0.2) is 42.5 Å². The lowest BCUT2D eigenvalue weighted by molar-refractivity contribution is -0.133. The third-order valence-electron chi connectivity index (χ3n) is 3.03. The van der Waals surface area contributed by atoms with Crippen LogP contribution in [0.4, 0.5) is 11.4 Å². The van der Waals surface area contributed by atoms with Crippen molar-refractivity contribution in [1.82, 2.24) is 0 Å². The van der Waals surface area contributed by atoms with E-state index >= 15 is 0 Å². The molecule has 0 saturated heterocycles. The number of halogens is 1. The fourth-order valence-electron chi connectivity index (χ4n) is 1.90. The van der Waals surface area contributed by atoms with Crippen LogP contribution in [0.25, 0.3) is 0 Å². The number of carbonyl (C=O) groups is 2. The van der Waals surface area contributed by atoms with Gasteiger partial charge in [0.15, 0.2) is 0 Å². The van der Waals surface area contributed by atoms with Crippen LogP contribution in [-0.4, -0.2) is 11.8 Å². The fraction of sp³-hybridized carbons (Fsp3) is 0.125. The first kappa shape index (κ1) is 15.1. The first-order chi connectivity index (χ1) is 9.97. The van der Waals surface area contributed by atoms with Crippen molar-refractivity contribution in [3.8, 4) is 0 Å². The number of para-hydroxylation sites is 1. The van der Waals surface area contributed by atoms with E-state index in [0.717, 1.165) is 11.1 Å². The molecule has 2 aromatic carbocycles. The minimum absolute atomic E-state index is 0.515. The van der Waals surface area contributed by atoms with Crippen molar-refractivity contribution < 1.29 is 9.59 Å². The summed E-state index contributed by atoms with van der Waals surface area (Å²) in [7, 11) is 0. The molecule has 0 fully saturated rings. The summed E-state index contributed by atoms with van der Waals surface area (Å²) < 4.78 is 0. The van der Waals surface area contributed by atoms with Gasteiger partial charge in [0.2, 0.25) is 0 Å².